The summed E-state index contributed by atoms with van der Waals surface area (Å²) in [5.74, 6) is -0.0392. The number of amides is 1. The normalized spacial score (nSPS) is 10.7. The van der Waals surface area contributed by atoms with Crippen molar-refractivity contribution in [1.82, 2.24) is 9.88 Å². The first-order chi connectivity index (χ1) is 8.56. The van der Waals surface area contributed by atoms with E-state index < -0.39 is 0 Å². The van der Waals surface area contributed by atoms with Gasteiger partial charge in [-0.3, -0.25) is 9.78 Å². The molecule has 0 bridgehead atoms. The minimum atomic E-state index is -0.0653. The minimum absolute atomic E-state index is 0.0260. The largest absolute Gasteiger partial charge is 0.506 e. The van der Waals surface area contributed by atoms with Crippen LogP contribution in [0.3, 0.4) is 0 Å². The van der Waals surface area contributed by atoms with Crippen LogP contribution in [0.25, 0.3) is 0 Å². The van der Waals surface area contributed by atoms with Crippen LogP contribution in [-0.2, 0) is 0 Å². The number of carbonyl (C=O) groups is 1. The van der Waals surface area contributed by atoms with Crippen LogP contribution < -0.4 is 0 Å². The highest BCUT2D eigenvalue weighted by atomic mass is 16.3. The van der Waals surface area contributed by atoms with E-state index in [1.165, 1.54) is 18.5 Å². The molecule has 1 heterocycles. The van der Waals surface area contributed by atoms with Gasteiger partial charge in [0.15, 0.2) is 0 Å². The van der Waals surface area contributed by atoms with Gasteiger partial charge in [0, 0.05) is 18.8 Å². The lowest BCUT2D eigenvalue weighted by atomic mass is 10.1. The van der Waals surface area contributed by atoms with Crippen LogP contribution in [0, 0.1) is 0 Å². The Morgan fingerprint density at radius 1 is 1.39 bits per heavy atom. The van der Waals surface area contributed by atoms with Crippen molar-refractivity contribution in [3.8, 4) is 5.75 Å². The third-order valence-electron chi connectivity index (χ3n) is 2.86. The number of nitrogens with zero attached hydrogens (tertiary/aromatic N) is 2. The Morgan fingerprint density at radius 3 is 2.67 bits per heavy atom. The Hall–Kier alpha value is -1.58. The second-order valence-corrected chi connectivity index (χ2v) is 4.73. The van der Waals surface area contributed by atoms with Gasteiger partial charge < -0.3 is 10.0 Å². The van der Waals surface area contributed by atoms with Crippen molar-refractivity contribution in [3.05, 3.63) is 24.0 Å². The summed E-state index contributed by atoms with van der Waals surface area (Å²) in [4.78, 5) is 18.0. The molecule has 0 aliphatic carbocycles. The van der Waals surface area contributed by atoms with Gasteiger partial charge in [-0.2, -0.15) is 0 Å². The van der Waals surface area contributed by atoms with Crippen molar-refractivity contribution in [2.75, 3.05) is 6.54 Å². The van der Waals surface area contributed by atoms with Gasteiger partial charge in [-0.1, -0.05) is 19.8 Å². The Balaban J connectivity index is 2.76. The Kier molecular flexibility index (Phi) is 5.62. The quantitative estimate of drug-likeness (QED) is 0.790. The molecule has 18 heavy (non-hydrogen) atoms. The van der Waals surface area contributed by atoms with Gasteiger partial charge in [0.2, 0.25) is 0 Å². The summed E-state index contributed by atoms with van der Waals surface area (Å²) in [6, 6.07) is 1.61. The zero-order chi connectivity index (χ0) is 13.5. The first-order valence-electron chi connectivity index (χ1n) is 6.51. The molecule has 0 aliphatic heterocycles. The van der Waals surface area contributed by atoms with Gasteiger partial charge in [-0.25, -0.2) is 0 Å². The molecule has 0 aliphatic rings. The van der Waals surface area contributed by atoms with Crippen LogP contribution in [0.2, 0.25) is 0 Å². The highest BCUT2D eigenvalue weighted by Gasteiger charge is 2.18. The fourth-order valence-corrected chi connectivity index (χ4v) is 1.84. The monoisotopic (exact) mass is 250 g/mol. The number of aromatic nitrogens is 1. The molecule has 1 aromatic heterocycles. The summed E-state index contributed by atoms with van der Waals surface area (Å²) in [5.41, 5.74) is 0.445. The number of rotatable bonds is 6. The fraction of sp³-hybridized carbons (Fsp3) is 0.571. The van der Waals surface area contributed by atoms with Crippen molar-refractivity contribution in [1.29, 1.82) is 0 Å². The van der Waals surface area contributed by atoms with Gasteiger partial charge >= 0.3 is 0 Å². The zero-order valence-electron chi connectivity index (χ0n) is 11.4. The second-order valence-electron chi connectivity index (χ2n) is 4.73. The smallest absolute Gasteiger partial charge is 0.255 e. The molecule has 4 nitrogen and oxygen atoms in total. The van der Waals surface area contributed by atoms with Crippen LogP contribution in [0.4, 0.5) is 0 Å². The van der Waals surface area contributed by atoms with Crippen LogP contribution in [0.15, 0.2) is 18.5 Å². The maximum Gasteiger partial charge on any atom is 0.255 e. The van der Waals surface area contributed by atoms with Gasteiger partial charge in [-0.15, -0.1) is 0 Å². The first kappa shape index (κ1) is 14.5. The van der Waals surface area contributed by atoms with Gasteiger partial charge in [-0.05, 0) is 26.3 Å². The Morgan fingerprint density at radius 2 is 2.11 bits per heavy atom. The van der Waals surface area contributed by atoms with Gasteiger partial charge in [0.25, 0.3) is 5.91 Å². The maximum atomic E-state index is 12.3. The van der Waals surface area contributed by atoms with Crippen LogP contribution in [0.1, 0.15) is 50.4 Å². The molecule has 0 atom stereocenters. The van der Waals surface area contributed by atoms with E-state index >= 15 is 0 Å². The molecule has 1 amide bonds. The minimum Gasteiger partial charge on any atom is -0.506 e. The van der Waals surface area contributed by atoms with E-state index in [0.29, 0.717) is 5.56 Å². The van der Waals surface area contributed by atoms with Gasteiger partial charge in [0.1, 0.15) is 5.75 Å². The van der Waals surface area contributed by atoms with Gasteiger partial charge in [0.05, 0.1) is 11.8 Å². The third-order valence-corrected chi connectivity index (χ3v) is 2.86. The molecule has 0 spiro atoms. The van der Waals surface area contributed by atoms with E-state index in [0.717, 1.165) is 25.8 Å². The van der Waals surface area contributed by atoms with E-state index in [4.69, 9.17) is 0 Å². The van der Waals surface area contributed by atoms with Crippen LogP contribution >= 0.6 is 0 Å². The fourth-order valence-electron chi connectivity index (χ4n) is 1.84. The summed E-state index contributed by atoms with van der Waals surface area (Å²) in [6.07, 6.45) is 6.08. The molecule has 0 unspecified atom stereocenters. The molecule has 0 aromatic carbocycles. The lowest BCUT2D eigenvalue weighted by Gasteiger charge is -2.26. The number of hydrogen-bond donors (Lipinski definition) is 1. The molecule has 0 saturated heterocycles. The molecule has 0 fully saturated rings. The molecule has 4 heteroatoms. The van der Waals surface area contributed by atoms with Crippen molar-refractivity contribution < 1.29 is 9.90 Å². The van der Waals surface area contributed by atoms with E-state index in [9.17, 15) is 9.90 Å². The molecule has 1 rings (SSSR count). The number of carbonyl (C=O) groups excluding carboxylic acids is 1. The summed E-state index contributed by atoms with van der Waals surface area (Å²) in [7, 11) is 0. The summed E-state index contributed by atoms with van der Waals surface area (Å²) < 4.78 is 0. The van der Waals surface area contributed by atoms with E-state index in [1.54, 1.807) is 0 Å². The molecular formula is C14H22N2O2. The van der Waals surface area contributed by atoms with E-state index in [1.807, 2.05) is 18.7 Å². The Labute approximate surface area is 109 Å². The highest BCUT2D eigenvalue weighted by Crippen LogP contribution is 2.13. The topological polar surface area (TPSA) is 53.4 Å². The predicted molar refractivity (Wildman–Crippen MR) is 71.6 cm³/mol. The predicted octanol–water partition coefficient (Wildman–Crippen LogP) is 2.83. The number of aromatic hydroxyl groups is 1. The van der Waals surface area contributed by atoms with E-state index in [-0.39, 0.29) is 17.7 Å². The SMILES string of the molecule is CCCCCN(C(=O)c1cncc(O)c1)C(C)C. The molecule has 0 saturated carbocycles. The summed E-state index contributed by atoms with van der Waals surface area (Å²) in [5, 5.41) is 9.36. The van der Waals surface area contributed by atoms with Crippen LogP contribution in [-0.4, -0.2) is 33.5 Å². The zero-order valence-corrected chi connectivity index (χ0v) is 11.4. The number of pyridine rings is 1. The standard InChI is InChI=1S/C14H22N2O2/c1-4-5-6-7-16(11(2)3)14(18)12-8-13(17)10-15-9-12/h8-11,17H,4-7H2,1-3H3. The molecule has 1 N–H and O–H groups in total. The van der Waals surface area contributed by atoms with Crippen molar-refractivity contribution in [2.45, 2.75) is 46.1 Å². The van der Waals surface area contributed by atoms with Crippen LogP contribution in [0.5, 0.6) is 5.75 Å². The summed E-state index contributed by atoms with van der Waals surface area (Å²) >= 11 is 0. The highest BCUT2D eigenvalue weighted by molar-refractivity contribution is 5.94. The molecular weight excluding hydrogens is 228 g/mol. The maximum absolute atomic E-state index is 12.3. The number of unbranched alkanes of at least 4 members (excludes halogenated alkanes) is 2. The summed E-state index contributed by atoms with van der Waals surface area (Å²) in [6.45, 7) is 6.89. The molecule has 1 aromatic rings. The van der Waals surface area contributed by atoms with Crippen molar-refractivity contribution in [2.24, 2.45) is 0 Å². The lowest BCUT2D eigenvalue weighted by Crippen LogP contribution is -2.37. The molecule has 0 radical (unpaired) electrons. The lowest BCUT2D eigenvalue weighted by molar-refractivity contribution is 0.0701. The van der Waals surface area contributed by atoms with Crippen molar-refractivity contribution >= 4 is 5.91 Å². The van der Waals surface area contributed by atoms with Crippen molar-refractivity contribution in [3.63, 3.8) is 0 Å². The second kappa shape index (κ2) is 6.99. The molecule has 100 valence electrons. The van der Waals surface area contributed by atoms with E-state index in [2.05, 4.69) is 11.9 Å². The number of hydrogen-bond acceptors (Lipinski definition) is 3. The third kappa shape index (κ3) is 4.02. The average Bonchev–Trinajstić information content (AvgIpc) is 2.33. The Bertz CT molecular complexity index is 391. The first-order valence-corrected chi connectivity index (χ1v) is 6.51. The average molecular weight is 250 g/mol.